The second kappa shape index (κ2) is 6.46. The fraction of sp³-hybridized carbons (Fsp3) is 0.533. The van der Waals surface area contributed by atoms with Crippen molar-refractivity contribution in [3.05, 3.63) is 34.9 Å². The van der Waals surface area contributed by atoms with Gasteiger partial charge in [0, 0.05) is 11.6 Å². The molecule has 1 fully saturated rings. The summed E-state index contributed by atoms with van der Waals surface area (Å²) in [5, 5.41) is 15.5. The molecule has 110 valence electrons. The Bertz CT molecular complexity index is 461. The third-order valence-corrected chi connectivity index (χ3v) is 3.93. The molecule has 2 rings (SSSR count). The molecule has 1 aromatic rings. The molecule has 1 aliphatic carbocycles. The number of aliphatic hydroxyl groups excluding tert-OH is 1. The number of rotatable bonds is 5. The van der Waals surface area contributed by atoms with Gasteiger partial charge in [0.05, 0.1) is 12.1 Å². The van der Waals surface area contributed by atoms with Gasteiger partial charge in [0.1, 0.15) is 0 Å². The van der Waals surface area contributed by atoms with Crippen LogP contribution in [0, 0.1) is 11.8 Å². The van der Waals surface area contributed by atoms with E-state index in [9.17, 15) is 9.90 Å². The third kappa shape index (κ3) is 4.12. The van der Waals surface area contributed by atoms with Crippen LogP contribution in [0.25, 0.3) is 0 Å². The number of urea groups is 1. The predicted molar refractivity (Wildman–Crippen MR) is 79.7 cm³/mol. The molecule has 0 spiro atoms. The summed E-state index contributed by atoms with van der Waals surface area (Å²) in [6.45, 7) is 4.07. The Morgan fingerprint density at radius 2 is 2.05 bits per heavy atom. The summed E-state index contributed by atoms with van der Waals surface area (Å²) in [7, 11) is 0. The Morgan fingerprint density at radius 3 is 2.55 bits per heavy atom. The minimum atomic E-state index is -0.547. The number of aliphatic hydroxyl groups is 1. The van der Waals surface area contributed by atoms with Gasteiger partial charge in [0.2, 0.25) is 0 Å². The minimum absolute atomic E-state index is 0.00346. The number of carbonyl (C=O) groups excluding carboxylic acids is 1. The van der Waals surface area contributed by atoms with E-state index in [1.54, 1.807) is 6.92 Å². The number of halogens is 1. The zero-order valence-corrected chi connectivity index (χ0v) is 12.5. The number of hydrogen-bond donors (Lipinski definition) is 3. The number of carbonyl (C=O) groups is 1. The molecule has 1 saturated carbocycles. The molecule has 4 atom stereocenters. The van der Waals surface area contributed by atoms with E-state index < -0.39 is 6.10 Å². The van der Waals surface area contributed by atoms with E-state index in [-0.39, 0.29) is 18.6 Å². The smallest absolute Gasteiger partial charge is 0.315 e. The highest BCUT2D eigenvalue weighted by atomic mass is 35.5. The van der Waals surface area contributed by atoms with Crippen molar-refractivity contribution >= 4 is 17.6 Å². The van der Waals surface area contributed by atoms with Gasteiger partial charge in [-0.05, 0) is 42.9 Å². The maximum Gasteiger partial charge on any atom is 0.315 e. The van der Waals surface area contributed by atoms with Gasteiger partial charge in [0.25, 0.3) is 0 Å². The van der Waals surface area contributed by atoms with Crippen molar-refractivity contribution in [2.24, 2.45) is 11.8 Å². The first-order chi connectivity index (χ1) is 9.47. The summed E-state index contributed by atoms with van der Waals surface area (Å²) < 4.78 is 0. The second-order valence-corrected chi connectivity index (χ2v) is 6.05. The Labute approximate surface area is 124 Å². The van der Waals surface area contributed by atoms with Gasteiger partial charge < -0.3 is 15.7 Å². The SMILES string of the molecule is C[C@@H]1C[C@H]1[C@@H](NC(=O)NC[C@@H](C)O)c1ccc(Cl)cc1. The van der Waals surface area contributed by atoms with Crippen LogP contribution in [0.3, 0.4) is 0 Å². The zero-order valence-electron chi connectivity index (χ0n) is 11.8. The summed E-state index contributed by atoms with van der Waals surface area (Å²) >= 11 is 5.90. The molecule has 20 heavy (non-hydrogen) atoms. The van der Waals surface area contributed by atoms with Crippen LogP contribution < -0.4 is 10.6 Å². The van der Waals surface area contributed by atoms with Crippen LogP contribution in [0.5, 0.6) is 0 Å². The van der Waals surface area contributed by atoms with Crippen molar-refractivity contribution in [1.82, 2.24) is 10.6 Å². The molecule has 0 saturated heterocycles. The first-order valence-electron chi connectivity index (χ1n) is 6.95. The normalized spacial score (nSPS) is 23.8. The van der Waals surface area contributed by atoms with Crippen LogP contribution in [0.2, 0.25) is 5.02 Å². The van der Waals surface area contributed by atoms with Gasteiger partial charge in [0.15, 0.2) is 0 Å². The molecule has 0 heterocycles. The molecule has 5 heteroatoms. The summed E-state index contributed by atoms with van der Waals surface area (Å²) in [4.78, 5) is 11.9. The number of benzene rings is 1. The van der Waals surface area contributed by atoms with Crippen LogP contribution in [0.4, 0.5) is 4.79 Å². The van der Waals surface area contributed by atoms with Crippen molar-refractivity contribution < 1.29 is 9.90 Å². The summed E-state index contributed by atoms with van der Waals surface area (Å²) in [6.07, 6.45) is 0.568. The molecule has 0 aliphatic heterocycles. The highest BCUT2D eigenvalue weighted by molar-refractivity contribution is 6.30. The highest BCUT2D eigenvalue weighted by Gasteiger charge is 2.40. The summed E-state index contributed by atoms with van der Waals surface area (Å²) in [6, 6.07) is 7.33. The molecule has 0 unspecified atom stereocenters. The average Bonchev–Trinajstić information content (AvgIpc) is 3.11. The lowest BCUT2D eigenvalue weighted by atomic mass is 10.0. The molecule has 1 aliphatic rings. The van der Waals surface area contributed by atoms with E-state index in [1.807, 2.05) is 24.3 Å². The van der Waals surface area contributed by atoms with E-state index in [1.165, 1.54) is 0 Å². The lowest BCUT2D eigenvalue weighted by Crippen LogP contribution is -2.41. The Morgan fingerprint density at radius 1 is 1.45 bits per heavy atom. The van der Waals surface area contributed by atoms with Gasteiger partial charge in [-0.2, -0.15) is 0 Å². The highest BCUT2D eigenvalue weighted by Crippen LogP contribution is 2.47. The van der Waals surface area contributed by atoms with Gasteiger partial charge >= 0.3 is 6.03 Å². The van der Waals surface area contributed by atoms with Crippen LogP contribution in [0.1, 0.15) is 31.9 Å². The first kappa shape index (κ1) is 15.1. The van der Waals surface area contributed by atoms with Gasteiger partial charge in [-0.25, -0.2) is 4.79 Å². The van der Waals surface area contributed by atoms with Crippen LogP contribution >= 0.6 is 11.6 Å². The topological polar surface area (TPSA) is 61.4 Å². The number of hydrogen-bond acceptors (Lipinski definition) is 2. The largest absolute Gasteiger partial charge is 0.392 e. The molecular formula is C15H21ClN2O2. The first-order valence-corrected chi connectivity index (χ1v) is 7.33. The molecule has 1 aromatic carbocycles. The van der Waals surface area contributed by atoms with Crippen LogP contribution in [-0.4, -0.2) is 23.8 Å². The Balaban J connectivity index is 2.01. The van der Waals surface area contributed by atoms with Crippen molar-refractivity contribution in [1.29, 1.82) is 0 Å². The lowest BCUT2D eigenvalue weighted by molar-refractivity contribution is 0.186. The zero-order chi connectivity index (χ0) is 14.7. The molecule has 4 nitrogen and oxygen atoms in total. The lowest BCUT2D eigenvalue weighted by Gasteiger charge is -2.20. The summed E-state index contributed by atoms with van der Waals surface area (Å²) in [5.41, 5.74) is 1.07. The van der Waals surface area contributed by atoms with Crippen LogP contribution in [-0.2, 0) is 0 Å². The maximum absolute atomic E-state index is 11.9. The van der Waals surface area contributed by atoms with Crippen molar-refractivity contribution in [3.63, 3.8) is 0 Å². The molecule has 0 aromatic heterocycles. The molecule has 0 bridgehead atoms. The molecule has 2 amide bonds. The van der Waals surface area contributed by atoms with Crippen molar-refractivity contribution in [3.8, 4) is 0 Å². The molecule has 0 radical (unpaired) electrons. The van der Waals surface area contributed by atoms with Gasteiger partial charge in [-0.1, -0.05) is 30.7 Å². The predicted octanol–water partition coefficient (Wildman–Crippen LogP) is 2.72. The minimum Gasteiger partial charge on any atom is -0.392 e. The fourth-order valence-electron chi connectivity index (χ4n) is 2.36. The second-order valence-electron chi connectivity index (χ2n) is 5.61. The van der Waals surface area contributed by atoms with Crippen molar-refractivity contribution in [2.45, 2.75) is 32.4 Å². The van der Waals surface area contributed by atoms with Crippen LogP contribution in [0.15, 0.2) is 24.3 Å². The Hall–Kier alpha value is -1.26. The van der Waals surface area contributed by atoms with E-state index in [0.717, 1.165) is 12.0 Å². The molecular weight excluding hydrogens is 276 g/mol. The average molecular weight is 297 g/mol. The van der Waals surface area contributed by atoms with Crippen molar-refractivity contribution in [2.75, 3.05) is 6.54 Å². The van der Waals surface area contributed by atoms with E-state index in [2.05, 4.69) is 17.6 Å². The Kier molecular flexibility index (Phi) is 4.89. The van der Waals surface area contributed by atoms with E-state index in [4.69, 9.17) is 11.6 Å². The quantitative estimate of drug-likeness (QED) is 0.782. The number of nitrogens with one attached hydrogen (secondary N) is 2. The standard InChI is InChI=1S/C15H21ClN2O2/c1-9-7-13(9)14(11-3-5-12(16)6-4-11)18-15(20)17-8-10(2)19/h3-6,9-10,13-14,19H,7-8H2,1-2H3,(H2,17,18,20)/t9-,10-,13-,14+/m1/s1. The molecule has 3 N–H and O–H groups in total. The third-order valence-electron chi connectivity index (χ3n) is 3.67. The van der Waals surface area contributed by atoms with E-state index >= 15 is 0 Å². The fourth-order valence-corrected chi connectivity index (χ4v) is 2.48. The maximum atomic E-state index is 11.9. The number of amides is 2. The van der Waals surface area contributed by atoms with Gasteiger partial charge in [-0.3, -0.25) is 0 Å². The monoisotopic (exact) mass is 296 g/mol. The van der Waals surface area contributed by atoms with Gasteiger partial charge in [-0.15, -0.1) is 0 Å². The van der Waals surface area contributed by atoms with E-state index in [0.29, 0.717) is 16.9 Å². The summed E-state index contributed by atoms with van der Waals surface area (Å²) in [5.74, 6) is 1.08.